The van der Waals surface area contributed by atoms with Gasteiger partial charge in [0.1, 0.15) is 12.6 Å². The molecule has 0 aliphatic heterocycles. The number of ether oxygens (including phenoxy) is 1. The van der Waals surface area contributed by atoms with E-state index in [2.05, 4.69) is 16.5 Å². The highest BCUT2D eigenvalue weighted by Gasteiger charge is 2.19. The van der Waals surface area contributed by atoms with Gasteiger partial charge in [-0.15, -0.1) is 11.3 Å². The molecule has 1 aromatic carbocycles. The smallest absolute Gasteiger partial charge is 0.246 e. The quantitative estimate of drug-likeness (QED) is 0.661. The summed E-state index contributed by atoms with van der Waals surface area (Å²) in [4.78, 5) is 13.3. The summed E-state index contributed by atoms with van der Waals surface area (Å²) in [6, 6.07) is 16.0. The Bertz CT molecular complexity index is 828. The Morgan fingerprint density at radius 3 is 2.69 bits per heavy atom. The van der Waals surface area contributed by atoms with Gasteiger partial charge >= 0.3 is 0 Å². The molecule has 0 aliphatic carbocycles. The fourth-order valence-corrected chi connectivity index (χ4v) is 3.66. The SMILES string of the molecule is Cc1cc(C)n(C(CNC(=O)COCc2ccccc2)c2cccs2)n1. The van der Waals surface area contributed by atoms with E-state index < -0.39 is 0 Å². The first-order valence-electron chi connectivity index (χ1n) is 8.58. The molecular weight excluding hydrogens is 346 g/mol. The van der Waals surface area contributed by atoms with Crippen molar-refractivity contribution in [1.29, 1.82) is 0 Å². The second-order valence-electron chi connectivity index (χ2n) is 6.19. The number of hydrogen-bond acceptors (Lipinski definition) is 4. The molecule has 3 aromatic rings. The Hall–Kier alpha value is -2.44. The van der Waals surface area contributed by atoms with E-state index in [0.29, 0.717) is 13.2 Å². The lowest BCUT2D eigenvalue weighted by molar-refractivity contribution is -0.126. The monoisotopic (exact) mass is 369 g/mol. The van der Waals surface area contributed by atoms with Gasteiger partial charge in [0.2, 0.25) is 5.91 Å². The van der Waals surface area contributed by atoms with Crippen LogP contribution in [0.5, 0.6) is 0 Å². The standard InChI is InChI=1S/C20H23N3O2S/c1-15-11-16(2)23(22-15)18(19-9-6-10-26-19)12-21-20(24)14-25-13-17-7-4-3-5-8-17/h3-11,18H,12-14H2,1-2H3,(H,21,24). The number of carbonyl (C=O) groups is 1. The normalized spacial score (nSPS) is 12.1. The van der Waals surface area contributed by atoms with Gasteiger partial charge < -0.3 is 10.1 Å². The number of benzene rings is 1. The highest BCUT2D eigenvalue weighted by molar-refractivity contribution is 7.10. The number of amides is 1. The van der Waals surface area contributed by atoms with Crippen LogP contribution in [0.15, 0.2) is 53.9 Å². The number of aromatic nitrogens is 2. The zero-order chi connectivity index (χ0) is 18.4. The summed E-state index contributed by atoms with van der Waals surface area (Å²) in [6.45, 7) is 4.97. The van der Waals surface area contributed by atoms with E-state index >= 15 is 0 Å². The van der Waals surface area contributed by atoms with Crippen LogP contribution < -0.4 is 5.32 Å². The summed E-state index contributed by atoms with van der Waals surface area (Å²) < 4.78 is 7.48. The van der Waals surface area contributed by atoms with Gasteiger partial charge in [-0.3, -0.25) is 9.48 Å². The zero-order valence-electron chi connectivity index (χ0n) is 15.0. The largest absolute Gasteiger partial charge is 0.367 e. The third kappa shape index (κ3) is 4.80. The second kappa shape index (κ2) is 8.78. The number of nitrogens with one attached hydrogen (secondary N) is 1. The summed E-state index contributed by atoms with van der Waals surface area (Å²) in [7, 11) is 0. The molecule has 5 nitrogen and oxygen atoms in total. The molecule has 2 heterocycles. The third-order valence-corrected chi connectivity index (χ3v) is 5.02. The average Bonchev–Trinajstić information content (AvgIpc) is 3.26. The summed E-state index contributed by atoms with van der Waals surface area (Å²) in [5, 5.41) is 9.60. The van der Waals surface area contributed by atoms with Crippen molar-refractivity contribution in [3.8, 4) is 0 Å². The van der Waals surface area contributed by atoms with E-state index in [1.165, 1.54) is 4.88 Å². The van der Waals surface area contributed by atoms with Gasteiger partial charge in [0.05, 0.1) is 12.3 Å². The number of nitrogens with zero attached hydrogens (tertiary/aromatic N) is 2. The first-order valence-corrected chi connectivity index (χ1v) is 9.46. The molecule has 3 rings (SSSR count). The van der Waals surface area contributed by atoms with Gasteiger partial charge in [-0.05, 0) is 36.9 Å². The molecule has 0 aliphatic rings. The zero-order valence-corrected chi connectivity index (χ0v) is 15.8. The van der Waals surface area contributed by atoms with Crippen LogP contribution in [0.3, 0.4) is 0 Å². The van der Waals surface area contributed by atoms with Gasteiger partial charge in [-0.1, -0.05) is 36.4 Å². The van der Waals surface area contributed by atoms with Gasteiger partial charge in [0, 0.05) is 17.1 Å². The van der Waals surface area contributed by atoms with Crippen molar-refractivity contribution in [2.24, 2.45) is 0 Å². The number of hydrogen-bond donors (Lipinski definition) is 1. The molecule has 1 N–H and O–H groups in total. The van der Waals surface area contributed by atoms with Crippen LogP contribution in [-0.2, 0) is 16.1 Å². The van der Waals surface area contributed by atoms with E-state index in [1.807, 2.05) is 66.4 Å². The third-order valence-electron chi connectivity index (χ3n) is 4.05. The van der Waals surface area contributed by atoms with Crippen LogP contribution in [0.1, 0.15) is 27.9 Å². The molecule has 0 saturated carbocycles. The maximum atomic E-state index is 12.2. The highest BCUT2D eigenvalue weighted by Crippen LogP contribution is 2.24. The van der Waals surface area contributed by atoms with E-state index in [0.717, 1.165) is 17.0 Å². The molecule has 26 heavy (non-hydrogen) atoms. The van der Waals surface area contributed by atoms with Crippen molar-refractivity contribution < 1.29 is 9.53 Å². The maximum absolute atomic E-state index is 12.2. The Kier molecular flexibility index (Phi) is 6.20. The number of carbonyl (C=O) groups excluding carboxylic acids is 1. The molecule has 1 unspecified atom stereocenters. The molecule has 0 saturated heterocycles. The second-order valence-corrected chi connectivity index (χ2v) is 7.16. The minimum atomic E-state index is -0.121. The Morgan fingerprint density at radius 1 is 1.23 bits per heavy atom. The molecule has 0 radical (unpaired) electrons. The number of thiophene rings is 1. The van der Waals surface area contributed by atoms with Crippen LogP contribution in [0.25, 0.3) is 0 Å². The van der Waals surface area contributed by atoms with Gasteiger partial charge in [-0.25, -0.2) is 0 Å². The molecule has 0 spiro atoms. The fourth-order valence-electron chi connectivity index (χ4n) is 2.85. The van der Waals surface area contributed by atoms with Crippen molar-refractivity contribution in [3.63, 3.8) is 0 Å². The van der Waals surface area contributed by atoms with Crippen LogP contribution in [0.2, 0.25) is 0 Å². The van der Waals surface area contributed by atoms with Crippen molar-refractivity contribution in [2.45, 2.75) is 26.5 Å². The van der Waals surface area contributed by atoms with Crippen molar-refractivity contribution in [2.75, 3.05) is 13.2 Å². The molecule has 136 valence electrons. The Balaban J connectivity index is 1.56. The molecule has 0 fully saturated rings. The van der Waals surface area contributed by atoms with Crippen molar-refractivity contribution in [1.82, 2.24) is 15.1 Å². The summed E-state index contributed by atoms with van der Waals surface area (Å²) >= 11 is 1.67. The topological polar surface area (TPSA) is 56.2 Å². The predicted molar refractivity (Wildman–Crippen MR) is 103 cm³/mol. The van der Waals surface area contributed by atoms with Crippen LogP contribution in [0, 0.1) is 13.8 Å². The number of aryl methyl sites for hydroxylation is 2. The van der Waals surface area contributed by atoms with Crippen LogP contribution >= 0.6 is 11.3 Å². The highest BCUT2D eigenvalue weighted by atomic mass is 32.1. The fraction of sp³-hybridized carbons (Fsp3) is 0.300. The number of rotatable bonds is 8. The van der Waals surface area contributed by atoms with Gasteiger partial charge in [0.15, 0.2) is 0 Å². The van der Waals surface area contributed by atoms with Crippen molar-refractivity contribution in [3.05, 3.63) is 75.7 Å². The van der Waals surface area contributed by atoms with Crippen LogP contribution in [-0.4, -0.2) is 28.8 Å². The molecule has 0 bridgehead atoms. The van der Waals surface area contributed by atoms with E-state index in [-0.39, 0.29) is 18.6 Å². The average molecular weight is 369 g/mol. The molecular formula is C20H23N3O2S. The lowest BCUT2D eigenvalue weighted by Gasteiger charge is -2.19. The lowest BCUT2D eigenvalue weighted by atomic mass is 10.2. The Labute approximate surface area is 157 Å². The molecule has 6 heteroatoms. The predicted octanol–water partition coefficient (Wildman–Crippen LogP) is 3.48. The summed E-state index contributed by atoms with van der Waals surface area (Å²) in [5.41, 5.74) is 3.11. The maximum Gasteiger partial charge on any atom is 0.246 e. The summed E-state index contributed by atoms with van der Waals surface area (Å²) in [6.07, 6.45) is 0. The van der Waals surface area contributed by atoms with Crippen molar-refractivity contribution >= 4 is 17.2 Å². The lowest BCUT2D eigenvalue weighted by Crippen LogP contribution is -2.34. The Morgan fingerprint density at radius 2 is 2.04 bits per heavy atom. The van der Waals surface area contributed by atoms with E-state index in [1.54, 1.807) is 11.3 Å². The molecule has 1 atom stereocenters. The minimum absolute atomic E-state index is 0.0122. The van der Waals surface area contributed by atoms with E-state index in [4.69, 9.17) is 4.74 Å². The first kappa shape index (κ1) is 18.4. The molecule has 2 aromatic heterocycles. The minimum Gasteiger partial charge on any atom is -0.367 e. The molecule has 1 amide bonds. The van der Waals surface area contributed by atoms with E-state index in [9.17, 15) is 4.79 Å². The van der Waals surface area contributed by atoms with Crippen LogP contribution in [0.4, 0.5) is 0 Å². The van der Waals surface area contributed by atoms with Gasteiger partial charge in [-0.2, -0.15) is 5.10 Å². The summed E-state index contributed by atoms with van der Waals surface area (Å²) in [5.74, 6) is -0.121. The first-order chi connectivity index (χ1) is 12.6. The van der Waals surface area contributed by atoms with Gasteiger partial charge in [0.25, 0.3) is 0 Å².